The largest absolute Gasteiger partial charge is 0.378 e. The Hall–Kier alpha value is -1.78. The van der Waals surface area contributed by atoms with Gasteiger partial charge in [-0.15, -0.1) is 0 Å². The molecule has 3 aromatic rings. The van der Waals surface area contributed by atoms with Crippen LogP contribution in [0.1, 0.15) is 5.69 Å². The van der Waals surface area contributed by atoms with E-state index in [1.165, 1.54) is 0 Å². The van der Waals surface area contributed by atoms with Crippen molar-refractivity contribution >= 4 is 33.2 Å². The van der Waals surface area contributed by atoms with E-state index in [1.807, 2.05) is 65.5 Å². The second-order valence-electron chi connectivity index (χ2n) is 4.56. The SMILES string of the molecule is Clc1ccc(NCc2ccn(-c3ccccc3)n2)c(Br)c1. The minimum atomic E-state index is 0.653. The monoisotopic (exact) mass is 361 g/mol. The molecular weight excluding hydrogens is 350 g/mol. The van der Waals surface area contributed by atoms with Crippen LogP contribution in [0.3, 0.4) is 0 Å². The minimum absolute atomic E-state index is 0.653. The Morgan fingerprint density at radius 2 is 1.90 bits per heavy atom. The summed E-state index contributed by atoms with van der Waals surface area (Å²) in [5, 5.41) is 8.60. The van der Waals surface area contributed by atoms with Gasteiger partial charge in [0, 0.05) is 21.4 Å². The molecule has 0 saturated carbocycles. The molecule has 0 fully saturated rings. The van der Waals surface area contributed by atoms with Gasteiger partial charge < -0.3 is 5.32 Å². The fourth-order valence-corrected chi connectivity index (χ4v) is 2.82. The summed E-state index contributed by atoms with van der Waals surface area (Å²) in [6, 6.07) is 17.7. The van der Waals surface area contributed by atoms with Crippen LogP contribution in [0.15, 0.2) is 65.3 Å². The molecule has 3 nitrogen and oxygen atoms in total. The zero-order chi connectivity index (χ0) is 14.7. The quantitative estimate of drug-likeness (QED) is 0.715. The van der Waals surface area contributed by atoms with Crippen LogP contribution >= 0.6 is 27.5 Å². The third-order valence-electron chi connectivity index (χ3n) is 3.06. The summed E-state index contributed by atoms with van der Waals surface area (Å²) in [5.74, 6) is 0. The Morgan fingerprint density at radius 1 is 1.10 bits per heavy atom. The van der Waals surface area contributed by atoms with Crippen LogP contribution in [-0.2, 0) is 6.54 Å². The van der Waals surface area contributed by atoms with E-state index in [9.17, 15) is 0 Å². The lowest BCUT2D eigenvalue weighted by molar-refractivity contribution is 0.844. The van der Waals surface area contributed by atoms with Crippen molar-refractivity contribution in [2.45, 2.75) is 6.54 Å². The molecule has 2 aromatic carbocycles. The van der Waals surface area contributed by atoms with E-state index in [2.05, 4.69) is 26.3 Å². The first-order valence-corrected chi connectivity index (χ1v) is 7.68. The summed E-state index contributed by atoms with van der Waals surface area (Å²) >= 11 is 9.42. The Labute approximate surface area is 136 Å². The van der Waals surface area contributed by atoms with Crippen LogP contribution in [0.5, 0.6) is 0 Å². The van der Waals surface area contributed by atoms with Gasteiger partial charge in [-0.05, 0) is 52.3 Å². The number of hydrogen-bond acceptors (Lipinski definition) is 2. The van der Waals surface area contributed by atoms with Gasteiger partial charge in [-0.3, -0.25) is 0 Å². The van der Waals surface area contributed by atoms with E-state index >= 15 is 0 Å². The highest BCUT2D eigenvalue weighted by Crippen LogP contribution is 2.26. The van der Waals surface area contributed by atoms with Crippen LogP contribution in [0, 0.1) is 0 Å². The van der Waals surface area contributed by atoms with Gasteiger partial charge in [0.25, 0.3) is 0 Å². The molecule has 0 bridgehead atoms. The molecule has 0 unspecified atom stereocenters. The van der Waals surface area contributed by atoms with Crippen molar-refractivity contribution in [2.24, 2.45) is 0 Å². The Morgan fingerprint density at radius 3 is 2.67 bits per heavy atom. The first kappa shape index (κ1) is 14.2. The molecule has 1 heterocycles. The van der Waals surface area contributed by atoms with Crippen molar-refractivity contribution in [3.63, 3.8) is 0 Å². The standard InChI is InChI=1S/C16H13BrClN3/c17-15-10-12(18)6-7-16(15)19-11-13-8-9-21(20-13)14-4-2-1-3-5-14/h1-10,19H,11H2. The Kier molecular flexibility index (Phi) is 4.27. The maximum absolute atomic E-state index is 5.93. The smallest absolute Gasteiger partial charge is 0.0819 e. The average Bonchev–Trinajstić information content (AvgIpc) is 2.96. The van der Waals surface area contributed by atoms with Gasteiger partial charge in [0.15, 0.2) is 0 Å². The molecule has 0 aliphatic heterocycles. The lowest BCUT2D eigenvalue weighted by Gasteiger charge is -2.07. The first-order chi connectivity index (χ1) is 10.2. The fraction of sp³-hybridized carbons (Fsp3) is 0.0625. The number of hydrogen-bond donors (Lipinski definition) is 1. The average molecular weight is 363 g/mol. The summed E-state index contributed by atoms with van der Waals surface area (Å²) < 4.78 is 2.81. The van der Waals surface area contributed by atoms with Crippen molar-refractivity contribution < 1.29 is 0 Å². The van der Waals surface area contributed by atoms with E-state index in [-0.39, 0.29) is 0 Å². The number of halogens is 2. The van der Waals surface area contributed by atoms with Crippen molar-refractivity contribution in [1.29, 1.82) is 0 Å². The third kappa shape index (κ3) is 3.46. The van der Waals surface area contributed by atoms with Gasteiger partial charge in [-0.2, -0.15) is 5.10 Å². The molecule has 1 N–H and O–H groups in total. The van der Waals surface area contributed by atoms with Gasteiger partial charge in [0.1, 0.15) is 0 Å². The number of benzene rings is 2. The van der Waals surface area contributed by atoms with Crippen molar-refractivity contribution in [2.75, 3.05) is 5.32 Å². The number of aromatic nitrogens is 2. The molecule has 1 aromatic heterocycles. The van der Waals surface area contributed by atoms with Gasteiger partial charge in [-0.25, -0.2) is 4.68 Å². The molecular formula is C16H13BrClN3. The summed E-state index contributed by atoms with van der Waals surface area (Å²) in [5.41, 5.74) is 3.02. The lowest BCUT2D eigenvalue weighted by Crippen LogP contribution is -2.02. The number of para-hydroxylation sites is 1. The highest BCUT2D eigenvalue weighted by molar-refractivity contribution is 9.10. The van der Waals surface area contributed by atoms with E-state index in [1.54, 1.807) is 0 Å². The molecule has 0 aliphatic carbocycles. The van der Waals surface area contributed by atoms with Crippen LogP contribution in [0.4, 0.5) is 5.69 Å². The van der Waals surface area contributed by atoms with Gasteiger partial charge in [-0.1, -0.05) is 29.8 Å². The summed E-state index contributed by atoms with van der Waals surface area (Å²) in [6.07, 6.45) is 1.96. The molecule has 0 spiro atoms. The van der Waals surface area contributed by atoms with E-state index in [0.29, 0.717) is 11.6 Å². The van der Waals surface area contributed by atoms with Crippen LogP contribution in [0.25, 0.3) is 5.69 Å². The highest BCUT2D eigenvalue weighted by atomic mass is 79.9. The third-order valence-corrected chi connectivity index (χ3v) is 3.95. The zero-order valence-corrected chi connectivity index (χ0v) is 13.5. The van der Waals surface area contributed by atoms with Crippen molar-refractivity contribution in [3.05, 3.63) is 76.0 Å². The molecule has 0 radical (unpaired) electrons. The van der Waals surface area contributed by atoms with Crippen LogP contribution < -0.4 is 5.32 Å². The van der Waals surface area contributed by atoms with Gasteiger partial charge in [0.05, 0.1) is 17.9 Å². The Bertz CT molecular complexity index is 740. The molecule has 21 heavy (non-hydrogen) atoms. The second-order valence-corrected chi connectivity index (χ2v) is 5.86. The number of nitrogens with one attached hydrogen (secondary N) is 1. The lowest BCUT2D eigenvalue weighted by atomic mass is 10.3. The maximum atomic E-state index is 5.93. The predicted octanol–water partition coefficient (Wildman–Crippen LogP) is 4.90. The number of anilines is 1. The van der Waals surface area contributed by atoms with Gasteiger partial charge >= 0.3 is 0 Å². The maximum Gasteiger partial charge on any atom is 0.0819 e. The van der Waals surface area contributed by atoms with Gasteiger partial charge in [0.2, 0.25) is 0 Å². The Balaban J connectivity index is 1.70. The molecule has 0 saturated heterocycles. The summed E-state index contributed by atoms with van der Waals surface area (Å²) in [6.45, 7) is 0.653. The second kappa shape index (κ2) is 6.33. The summed E-state index contributed by atoms with van der Waals surface area (Å²) in [7, 11) is 0. The molecule has 106 valence electrons. The molecule has 0 aliphatic rings. The first-order valence-electron chi connectivity index (χ1n) is 6.51. The van der Waals surface area contributed by atoms with Crippen LogP contribution in [0.2, 0.25) is 5.02 Å². The van der Waals surface area contributed by atoms with Crippen LogP contribution in [-0.4, -0.2) is 9.78 Å². The van der Waals surface area contributed by atoms with E-state index in [0.717, 1.165) is 21.5 Å². The number of rotatable bonds is 4. The van der Waals surface area contributed by atoms with E-state index < -0.39 is 0 Å². The number of nitrogens with zero attached hydrogens (tertiary/aromatic N) is 2. The van der Waals surface area contributed by atoms with Crippen molar-refractivity contribution in [1.82, 2.24) is 9.78 Å². The summed E-state index contributed by atoms with van der Waals surface area (Å²) in [4.78, 5) is 0. The predicted molar refractivity (Wildman–Crippen MR) is 90.0 cm³/mol. The molecule has 0 atom stereocenters. The zero-order valence-electron chi connectivity index (χ0n) is 11.1. The normalized spacial score (nSPS) is 10.6. The molecule has 3 rings (SSSR count). The highest BCUT2D eigenvalue weighted by Gasteiger charge is 2.03. The van der Waals surface area contributed by atoms with E-state index in [4.69, 9.17) is 11.6 Å². The molecule has 5 heteroatoms. The fourth-order valence-electron chi connectivity index (χ4n) is 2.00. The van der Waals surface area contributed by atoms with Crippen molar-refractivity contribution in [3.8, 4) is 5.69 Å². The minimum Gasteiger partial charge on any atom is -0.378 e. The topological polar surface area (TPSA) is 29.9 Å². The molecule has 0 amide bonds.